The van der Waals surface area contributed by atoms with Gasteiger partial charge in [0.05, 0.1) is 32.5 Å². The normalized spacial score (nSPS) is 15.3. The van der Waals surface area contributed by atoms with Crippen LogP contribution in [0, 0.1) is 0 Å². The van der Waals surface area contributed by atoms with Gasteiger partial charge in [0.1, 0.15) is 23.9 Å². The van der Waals surface area contributed by atoms with E-state index < -0.39 is 0 Å². The number of piperazine rings is 1. The van der Waals surface area contributed by atoms with E-state index in [9.17, 15) is 0 Å². The molecule has 1 fully saturated rings. The lowest BCUT2D eigenvalue weighted by Crippen LogP contribution is -2.54. The fraction of sp³-hybridized carbons (Fsp3) is 0.333. The van der Waals surface area contributed by atoms with E-state index in [1.54, 1.807) is 0 Å². The molecule has 1 N–H and O–H groups in total. The van der Waals surface area contributed by atoms with Crippen molar-refractivity contribution < 1.29 is 18.9 Å². The summed E-state index contributed by atoms with van der Waals surface area (Å²) >= 11 is 0. The number of ether oxygens (including phenoxy) is 4. The lowest BCUT2D eigenvalue weighted by atomic mass is 10.1. The molecule has 39 heavy (non-hydrogen) atoms. The molecule has 0 spiro atoms. The summed E-state index contributed by atoms with van der Waals surface area (Å²) < 4.78 is 23.7. The van der Waals surface area contributed by atoms with Gasteiger partial charge in [0, 0.05) is 37.3 Å². The largest absolute Gasteiger partial charge is 0.494 e. The van der Waals surface area contributed by atoms with Crippen molar-refractivity contribution >= 4 is 16.5 Å². The van der Waals surface area contributed by atoms with Gasteiger partial charge in [-0.3, -0.25) is 0 Å². The van der Waals surface area contributed by atoms with Crippen LogP contribution in [0.3, 0.4) is 0 Å². The second-order valence-corrected chi connectivity index (χ2v) is 9.66. The third-order valence-electron chi connectivity index (χ3n) is 6.91. The predicted molar refractivity (Wildman–Crippen MR) is 157 cm³/mol. The number of anilines is 1. The Hall–Kier alpha value is -3.74. The third-order valence-corrected chi connectivity index (χ3v) is 6.91. The molecule has 1 aliphatic rings. The number of nitrogens with zero attached hydrogens (tertiary/aromatic N) is 1. The van der Waals surface area contributed by atoms with Crippen LogP contribution in [0.4, 0.5) is 5.69 Å². The molecule has 0 saturated carbocycles. The standard InChI is InChI=1S/C33H38N2O4/c1-2-37-33-11-6-5-10-28(33)24-36-20-7-21-38-31-16-13-29(14-17-31)35-19-18-34-23-30(35)25-39-32-15-12-26-8-3-4-9-27(26)22-32/h3-6,8-17,22,30,34H,2,7,18-21,23-25H2,1H3. The summed E-state index contributed by atoms with van der Waals surface area (Å²) in [4.78, 5) is 2.43. The van der Waals surface area contributed by atoms with Gasteiger partial charge in [-0.05, 0) is 60.2 Å². The number of hydrogen-bond acceptors (Lipinski definition) is 6. The Balaban J connectivity index is 1.07. The van der Waals surface area contributed by atoms with Gasteiger partial charge in [-0.2, -0.15) is 0 Å². The monoisotopic (exact) mass is 526 g/mol. The maximum atomic E-state index is 6.24. The predicted octanol–water partition coefficient (Wildman–Crippen LogP) is 6.08. The zero-order valence-electron chi connectivity index (χ0n) is 22.7. The molecule has 0 amide bonds. The fourth-order valence-electron chi connectivity index (χ4n) is 4.89. The SMILES string of the molecule is CCOc1ccccc1COCCCOc1ccc(N2CCNCC2COc2ccc3ccccc3c2)cc1. The van der Waals surface area contributed by atoms with Crippen LogP contribution in [-0.4, -0.2) is 52.1 Å². The molecule has 5 rings (SSSR count). The zero-order valence-corrected chi connectivity index (χ0v) is 22.7. The van der Waals surface area contributed by atoms with Crippen molar-refractivity contribution in [1.82, 2.24) is 5.32 Å². The molecule has 1 atom stereocenters. The molecule has 6 heteroatoms. The summed E-state index contributed by atoms with van der Waals surface area (Å²) in [6, 6.07) is 31.3. The fourth-order valence-corrected chi connectivity index (χ4v) is 4.89. The van der Waals surface area contributed by atoms with Crippen LogP contribution < -0.4 is 24.4 Å². The van der Waals surface area contributed by atoms with E-state index in [1.807, 2.05) is 31.2 Å². The first-order valence-corrected chi connectivity index (χ1v) is 13.9. The van der Waals surface area contributed by atoms with Gasteiger partial charge >= 0.3 is 0 Å². The molecule has 204 valence electrons. The molecule has 0 aliphatic carbocycles. The van der Waals surface area contributed by atoms with Gasteiger partial charge < -0.3 is 29.2 Å². The molecular formula is C33H38N2O4. The van der Waals surface area contributed by atoms with Crippen LogP contribution in [0.25, 0.3) is 10.8 Å². The number of hydrogen-bond donors (Lipinski definition) is 1. The minimum absolute atomic E-state index is 0.252. The Morgan fingerprint density at radius 1 is 0.795 bits per heavy atom. The topological polar surface area (TPSA) is 52.2 Å². The summed E-state index contributed by atoms with van der Waals surface area (Å²) in [6.07, 6.45) is 0.824. The highest BCUT2D eigenvalue weighted by molar-refractivity contribution is 5.83. The van der Waals surface area contributed by atoms with Gasteiger partial charge in [-0.25, -0.2) is 0 Å². The van der Waals surface area contributed by atoms with E-state index in [2.05, 4.69) is 76.9 Å². The quantitative estimate of drug-likeness (QED) is 0.213. The molecule has 0 aromatic heterocycles. The lowest BCUT2D eigenvalue weighted by Gasteiger charge is -2.37. The highest BCUT2D eigenvalue weighted by Crippen LogP contribution is 2.25. The van der Waals surface area contributed by atoms with Gasteiger partial charge in [0.15, 0.2) is 0 Å². The average molecular weight is 527 g/mol. The summed E-state index contributed by atoms with van der Waals surface area (Å²) in [7, 11) is 0. The number of nitrogens with one attached hydrogen (secondary N) is 1. The van der Waals surface area contributed by atoms with Crippen molar-refractivity contribution in [3.8, 4) is 17.2 Å². The number of rotatable bonds is 13. The Bertz CT molecular complexity index is 1310. The van der Waals surface area contributed by atoms with E-state index in [4.69, 9.17) is 18.9 Å². The number of para-hydroxylation sites is 1. The molecular weight excluding hydrogens is 488 g/mol. The molecule has 1 heterocycles. The minimum atomic E-state index is 0.252. The zero-order chi connectivity index (χ0) is 26.7. The molecule has 0 bridgehead atoms. The molecule has 6 nitrogen and oxygen atoms in total. The van der Waals surface area contributed by atoms with E-state index in [0.29, 0.717) is 33.0 Å². The molecule has 4 aromatic rings. The minimum Gasteiger partial charge on any atom is -0.494 e. The number of fused-ring (bicyclic) bond motifs is 1. The Morgan fingerprint density at radius 2 is 1.59 bits per heavy atom. The van der Waals surface area contributed by atoms with E-state index in [-0.39, 0.29) is 6.04 Å². The van der Waals surface area contributed by atoms with E-state index in [1.165, 1.54) is 16.5 Å². The Morgan fingerprint density at radius 3 is 2.46 bits per heavy atom. The van der Waals surface area contributed by atoms with Gasteiger partial charge in [-0.15, -0.1) is 0 Å². The van der Waals surface area contributed by atoms with Crippen molar-refractivity contribution in [3.63, 3.8) is 0 Å². The van der Waals surface area contributed by atoms with Crippen LogP contribution in [0.5, 0.6) is 17.2 Å². The molecule has 1 saturated heterocycles. The highest BCUT2D eigenvalue weighted by atomic mass is 16.5. The lowest BCUT2D eigenvalue weighted by molar-refractivity contribution is 0.105. The van der Waals surface area contributed by atoms with E-state index in [0.717, 1.165) is 48.9 Å². The molecule has 1 aliphatic heterocycles. The maximum absolute atomic E-state index is 6.24. The third kappa shape index (κ3) is 7.43. The van der Waals surface area contributed by atoms with Crippen LogP contribution in [0.2, 0.25) is 0 Å². The first-order valence-electron chi connectivity index (χ1n) is 13.9. The van der Waals surface area contributed by atoms with Crippen molar-refractivity contribution in [2.75, 3.05) is 51.0 Å². The maximum Gasteiger partial charge on any atom is 0.124 e. The van der Waals surface area contributed by atoms with Crippen molar-refractivity contribution in [2.45, 2.75) is 26.0 Å². The molecule has 1 unspecified atom stereocenters. The van der Waals surface area contributed by atoms with Gasteiger partial charge in [-0.1, -0.05) is 48.5 Å². The average Bonchev–Trinajstić information content (AvgIpc) is 2.99. The van der Waals surface area contributed by atoms with E-state index >= 15 is 0 Å². The highest BCUT2D eigenvalue weighted by Gasteiger charge is 2.23. The summed E-state index contributed by atoms with van der Waals surface area (Å²) in [5, 5.41) is 5.93. The summed E-state index contributed by atoms with van der Waals surface area (Å²) in [5.74, 6) is 2.67. The Labute approximate surface area is 231 Å². The first-order chi connectivity index (χ1) is 19.3. The number of benzene rings is 4. The Kier molecular flexibility index (Phi) is 9.55. The van der Waals surface area contributed by atoms with Crippen LogP contribution in [0.1, 0.15) is 18.9 Å². The first kappa shape index (κ1) is 26.9. The van der Waals surface area contributed by atoms with Crippen LogP contribution in [0.15, 0.2) is 91.0 Å². The van der Waals surface area contributed by atoms with Crippen molar-refractivity contribution in [2.24, 2.45) is 0 Å². The summed E-state index contributed by atoms with van der Waals surface area (Å²) in [5.41, 5.74) is 2.26. The van der Waals surface area contributed by atoms with Gasteiger partial charge in [0.2, 0.25) is 0 Å². The van der Waals surface area contributed by atoms with Crippen LogP contribution >= 0.6 is 0 Å². The van der Waals surface area contributed by atoms with Crippen LogP contribution in [-0.2, 0) is 11.3 Å². The molecule has 0 radical (unpaired) electrons. The smallest absolute Gasteiger partial charge is 0.124 e. The second-order valence-electron chi connectivity index (χ2n) is 9.66. The van der Waals surface area contributed by atoms with Crippen molar-refractivity contribution in [1.29, 1.82) is 0 Å². The molecule has 4 aromatic carbocycles. The summed E-state index contributed by atoms with van der Waals surface area (Å²) in [6.45, 7) is 7.85. The second kappa shape index (κ2) is 13.9. The van der Waals surface area contributed by atoms with Crippen molar-refractivity contribution in [3.05, 3.63) is 96.6 Å². The van der Waals surface area contributed by atoms with Gasteiger partial charge in [0.25, 0.3) is 0 Å².